The fourth-order valence-electron chi connectivity index (χ4n) is 4.49. The van der Waals surface area contributed by atoms with Gasteiger partial charge in [0.2, 0.25) is 5.92 Å². The van der Waals surface area contributed by atoms with Crippen LogP contribution in [-0.2, 0) is 4.79 Å². The lowest BCUT2D eigenvalue weighted by atomic mass is 9.80. The lowest BCUT2D eigenvalue weighted by Crippen LogP contribution is -2.51. The Morgan fingerprint density at radius 2 is 1.70 bits per heavy atom. The van der Waals surface area contributed by atoms with E-state index in [9.17, 15) is 23.2 Å². The molecule has 1 aliphatic carbocycles. The van der Waals surface area contributed by atoms with Gasteiger partial charge in [-0.3, -0.25) is 14.5 Å². The number of aromatic nitrogens is 2. The molecular weight excluding hydrogens is 430 g/mol. The van der Waals surface area contributed by atoms with Gasteiger partial charge in [0.25, 0.3) is 5.91 Å². The Balaban J connectivity index is 1.32. The number of urea groups is 1. The van der Waals surface area contributed by atoms with E-state index in [-0.39, 0.29) is 12.8 Å². The number of hydrogen-bond donors (Lipinski definition) is 1. The molecule has 0 unspecified atom stereocenters. The van der Waals surface area contributed by atoms with Crippen LogP contribution in [0.2, 0.25) is 0 Å². The highest BCUT2D eigenvalue weighted by atomic mass is 19.3. The second-order valence-electron chi connectivity index (χ2n) is 8.54. The monoisotopic (exact) mass is 450 g/mol. The predicted molar refractivity (Wildman–Crippen MR) is 116 cm³/mol. The number of carbonyl (C=O) groups is 3. The third-order valence-corrected chi connectivity index (χ3v) is 6.43. The van der Waals surface area contributed by atoms with E-state index in [1.807, 2.05) is 24.3 Å². The number of imide groups is 1. The van der Waals surface area contributed by atoms with Crippen molar-refractivity contribution in [2.45, 2.75) is 37.1 Å². The summed E-state index contributed by atoms with van der Waals surface area (Å²) in [7, 11) is 0. The fraction of sp³-hybridized carbons (Fsp3) is 0.292. The number of hydrogen-bond acceptors (Lipinski definition) is 5. The van der Waals surface area contributed by atoms with E-state index in [1.54, 1.807) is 30.5 Å². The first-order chi connectivity index (χ1) is 15.8. The molecule has 1 aliphatic heterocycles. The van der Waals surface area contributed by atoms with Gasteiger partial charge >= 0.3 is 6.03 Å². The lowest BCUT2D eigenvalue weighted by Gasteiger charge is -2.34. The number of halogens is 2. The molecule has 2 aliphatic rings. The Morgan fingerprint density at radius 1 is 1.00 bits per heavy atom. The standard InChI is InChI=1S/C24H20F2N4O3/c25-24(26)11-9-23(10-12-24)21(32)30(22(33)28-23)14-19(31)15-5-7-16(8-6-15)20-18-4-2-1-3-17(18)13-27-29-20/h1-8,13H,9-12,14H2,(H,28,33). The molecule has 0 atom stereocenters. The summed E-state index contributed by atoms with van der Waals surface area (Å²) in [6.07, 6.45) is 0.444. The van der Waals surface area contributed by atoms with Gasteiger partial charge in [0, 0.05) is 34.7 Å². The van der Waals surface area contributed by atoms with Crippen LogP contribution in [0.15, 0.2) is 54.7 Å². The maximum atomic E-state index is 13.5. The van der Waals surface area contributed by atoms with Crippen molar-refractivity contribution in [1.29, 1.82) is 0 Å². The molecule has 3 amide bonds. The molecule has 3 aromatic rings. The quantitative estimate of drug-likeness (QED) is 0.480. The van der Waals surface area contributed by atoms with Crippen LogP contribution in [0.1, 0.15) is 36.0 Å². The number of rotatable bonds is 4. The van der Waals surface area contributed by atoms with Crippen molar-refractivity contribution in [3.63, 3.8) is 0 Å². The molecule has 2 aromatic carbocycles. The van der Waals surface area contributed by atoms with Crippen molar-refractivity contribution < 1.29 is 23.2 Å². The third kappa shape index (κ3) is 3.73. The van der Waals surface area contributed by atoms with Gasteiger partial charge in [-0.2, -0.15) is 5.10 Å². The number of amides is 3. The molecule has 1 aromatic heterocycles. The van der Waals surface area contributed by atoms with E-state index in [4.69, 9.17) is 0 Å². The van der Waals surface area contributed by atoms with Crippen LogP contribution in [-0.4, -0.2) is 50.8 Å². The van der Waals surface area contributed by atoms with Crippen molar-refractivity contribution in [2.24, 2.45) is 0 Å². The van der Waals surface area contributed by atoms with Crippen LogP contribution in [0.25, 0.3) is 22.0 Å². The average Bonchev–Trinajstić information content (AvgIpc) is 3.05. The Labute approximate surface area is 187 Å². The highest BCUT2D eigenvalue weighted by Crippen LogP contribution is 2.41. The number of nitrogens with one attached hydrogen (secondary N) is 1. The van der Waals surface area contributed by atoms with Gasteiger partial charge in [-0.25, -0.2) is 13.6 Å². The van der Waals surface area contributed by atoms with Crippen LogP contribution >= 0.6 is 0 Å². The van der Waals surface area contributed by atoms with Crippen LogP contribution < -0.4 is 5.32 Å². The average molecular weight is 450 g/mol. The van der Waals surface area contributed by atoms with Gasteiger partial charge in [-0.1, -0.05) is 48.5 Å². The van der Waals surface area contributed by atoms with Gasteiger partial charge < -0.3 is 5.32 Å². The van der Waals surface area contributed by atoms with Crippen molar-refractivity contribution in [3.8, 4) is 11.3 Å². The summed E-state index contributed by atoms with van der Waals surface area (Å²) in [5.74, 6) is -3.87. The molecule has 0 bridgehead atoms. The van der Waals surface area contributed by atoms with Gasteiger partial charge in [-0.05, 0) is 12.8 Å². The Hall–Kier alpha value is -3.75. The lowest BCUT2D eigenvalue weighted by molar-refractivity contribution is -0.135. The molecule has 7 nitrogen and oxygen atoms in total. The third-order valence-electron chi connectivity index (χ3n) is 6.43. The summed E-state index contributed by atoms with van der Waals surface area (Å²) in [4.78, 5) is 38.9. The Kier molecular flexibility index (Phi) is 4.92. The molecule has 1 saturated carbocycles. The van der Waals surface area contributed by atoms with Gasteiger partial charge in [0.15, 0.2) is 5.78 Å². The number of alkyl halides is 2. The normalized spacial score (nSPS) is 19.2. The molecule has 2 fully saturated rings. The van der Waals surface area contributed by atoms with Gasteiger partial charge in [0.1, 0.15) is 11.2 Å². The summed E-state index contributed by atoms with van der Waals surface area (Å²) in [5, 5.41) is 12.7. The molecular formula is C24H20F2N4O3. The van der Waals surface area contributed by atoms with Gasteiger partial charge in [-0.15, -0.1) is 5.10 Å². The maximum absolute atomic E-state index is 13.5. The first-order valence-electron chi connectivity index (χ1n) is 10.6. The Morgan fingerprint density at radius 3 is 2.42 bits per heavy atom. The molecule has 1 N–H and O–H groups in total. The zero-order valence-electron chi connectivity index (χ0n) is 17.6. The SMILES string of the molecule is O=C(CN1C(=O)NC2(CCC(F)(F)CC2)C1=O)c1ccc(-c2nncc3ccccc23)cc1. The number of Topliss-reactive ketones (excluding diaryl/α,β-unsaturated/α-hetero) is 1. The molecule has 1 spiro atoms. The van der Waals surface area contributed by atoms with E-state index in [0.29, 0.717) is 11.3 Å². The highest BCUT2D eigenvalue weighted by Gasteiger charge is 2.55. The zero-order chi connectivity index (χ0) is 23.2. The summed E-state index contributed by atoms with van der Waals surface area (Å²) in [6, 6.07) is 13.7. The first kappa shape index (κ1) is 21.1. The molecule has 5 rings (SSSR count). The molecule has 33 heavy (non-hydrogen) atoms. The second-order valence-corrected chi connectivity index (χ2v) is 8.54. The minimum atomic E-state index is -2.84. The first-order valence-corrected chi connectivity index (χ1v) is 10.6. The number of carbonyl (C=O) groups excluding carboxylic acids is 3. The van der Waals surface area contributed by atoms with Crippen molar-refractivity contribution in [3.05, 3.63) is 60.3 Å². The molecule has 1 saturated heterocycles. The Bertz CT molecular complexity index is 1260. The number of fused-ring (bicyclic) bond motifs is 1. The zero-order valence-corrected chi connectivity index (χ0v) is 17.6. The van der Waals surface area contributed by atoms with Crippen molar-refractivity contribution in [1.82, 2.24) is 20.4 Å². The van der Waals surface area contributed by atoms with E-state index in [1.165, 1.54) is 0 Å². The largest absolute Gasteiger partial charge is 0.325 e. The van der Waals surface area contributed by atoms with Crippen LogP contribution in [0.3, 0.4) is 0 Å². The molecule has 0 radical (unpaired) electrons. The minimum absolute atomic E-state index is 0.143. The minimum Gasteiger partial charge on any atom is -0.323 e. The van der Waals surface area contributed by atoms with E-state index in [2.05, 4.69) is 15.5 Å². The molecule has 168 valence electrons. The molecule has 9 heteroatoms. The maximum Gasteiger partial charge on any atom is 0.325 e. The van der Waals surface area contributed by atoms with E-state index < -0.39 is 48.6 Å². The second kappa shape index (κ2) is 7.68. The fourth-order valence-corrected chi connectivity index (χ4v) is 4.49. The van der Waals surface area contributed by atoms with Crippen molar-refractivity contribution in [2.75, 3.05) is 6.54 Å². The predicted octanol–water partition coefficient (Wildman–Crippen LogP) is 3.98. The topological polar surface area (TPSA) is 92.3 Å². The molecule has 2 heterocycles. The summed E-state index contributed by atoms with van der Waals surface area (Å²) < 4.78 is 27.1. The van der Waals surface area contributed by atoms with Crippen LogP contribution in [0.5, 0.6) is 0 Å². The van der Waals surface area contributed by atoms with E-state index >= 15 is 0 Å². The van der Waals surface area contributed by atoms with Gasteiger partial charge in [0.05, 0.1) is 12.7 Å². The number of ketones is 1. The number of nitrogens with zero attached hydrogens (tertiary/aromatic N) is 3. The van der Waals surface area contributed by atoms with Crippen molar-refractivity contribution >= 4 is 28.5 Å². The summed E-state index contributed by atoms with van der Waals surface area (Å²) >= 11 is 0. The van der Waals surface area contributed by atoms with Crippen LogP contribution in [0.4, 0.5) is 13.6 Å². The highest BCUT2D eigenvalue weighted by molar-refractivity contribution is 6.11. The van der Waals surface area contributed by atoms with E-state index in [0.717, 1.165) is 21.2 Å². The van der Waals surface area contributed by atoms with Crippen LogP contribution in [0, 0.1) is 0 Å². The summed E-state index contributed by atoms with van der Waals surface area (Å²) in [6.45, 7) is -0.448. The summed E-state index contributed by atoms with van der Waals surface area (Å²) in [5.41, 5.74) is 0.435. The number of benzene rings is 2. The smallest absolute Gasteiger partial charge is 0.323 e.